The van der Waals surface area contributed by atoms with Gasteiger partial charge in [-0.1, -0.05) is 12.1 Å². The lowest BCUT2D eigenvalue weighted by atomic mass is 10.1. The first-order chi connectivity index (χ1) is 6.02. The first-order valence-electron chi connectivity index (χ1n) is 3.79. The minimum Gasteiger partial charge on any atom is -0.323 e. The molecule has 0 bridgehead atoms. The molecule has 0 fully saturated rings. The van der Waals surface area contributed by atoms with Gasteiger partial charge < -0.3 is 5.73 Å². The molecule has 13 heavy (non-hydrogen) atoms. The Morgan fingerprint density at radius 1 is 1.46 bits per heavy atom. The average molecular weight is 262 g/mol. The van der Waals surface area contributed by atoms with E-state index in [4.69, 9.17) is 5.73 Å². The van der Waals surface area contributed by atoms with E-state index in [9.17, 15) is 8.42 Å². The van der Waals surface area contributed by atoms with Crippen LogP contribution in [0.15, 0.2) is 27.6 Å². The molecule has 0 spiro atoms. The maximum absolute atomic E-state index is 11.6. The van der Waals surface area contributed by atoms with Crippen LogP contribution in [0, 0.1) is 0 Å². The molecule has 1 aromatic carbocycles. The molecule has 1 unspecified atom stereocenters. The third-order valence-corrected chi connectivity index (χ3v) is 4.91. The lowest BCUT2D eigenvalue weighted by Crippen LogP contribution is -2.11. The Morgan fingerprint density at radius 3 is 2.77 bits per heavy atom. The van der Waals surface area contributed by atoms with Crippen LogP contribution in [0.25, 0.3) is 0 Å². The van der Waals surface area contributed by atoms with Crippen LogP contribution in [0.4, 0.5) is 0 Å². The SMILES string of the molecule is NC1CS(=O)(=O)c2c(Br)cccc21. The lowest BCUT2D eigenvalue weighted by Gasteiger charge is -2.01. The summed E-state index contributed by atoms with van der Waals surface area (Å²) in [4.78, 5) is 0.363. The summed E-state index contributed by atoms with van der Waals surface area (Å²) in [5.41, 5.74) is 6.41. The number of nitrogens with two attached hydrogens (primary N) is 1. The summed E-state index contributed by atoms with van der Waals surface area (Å²) < 4.78 is 23.8. The van der Waals surface area contributed by atoms with Gasteiger partial charge in [-0.3, -0.25) is 0 Å². The molecule has 0 aliphatic carbocycles. The molecule has 3 nitrogen and oxygen atoms in total. The molecule has 0 saturated heterocycles. The van der Waals surface area contributed by atoms with E-state index in [1.54, 1.807) is 18.2 Å². The molecule has 2 N–H and O–H groups in total. The van der Waals surface area contributed by atoms with Gasteiger partial charge in [-0.2, -0.15) is 0 Å². The van der Waals surface area contributed by atoms with Gasteiger partial charge in [0.25, 0.3) is 0 Å². The molecule has 1 heterocycles. The maximum atomic E-state index is 11.6. The third-order valence-electron chi connectivity index (χ3n) is 2.11. The molecule has 1 atom stereocenters. The fourth-order valence-corrected chi connectivity index (χ4v) is 4.44. The van der Waals surface area contributed by atoms with E-state index in [1.165, 1.54) is 0 Å². The standard InChI is InChI=1S/C8H8BrNO2S/c9-6-3-1-2-5-7(10)4-13(11,12)8(5)6/h1-3,7H,4,10H2. The first-order valence-corrected chi connectivity index (χ1v) is 6.23. The molecule has 0 saturated carbocycles. The zero-order chi connectivity index (χ0) is 9.64. The van der Waals surface area contributed by atoms with Crippen LogP contribution >= 0.6 is 15.9 Å². The predicted molar refractivity (Wildman–Crippen MR) is 53.1 cm³/mol. The van der Waals surface area contributed by atoms with Crippen molar-refractivity contribution in [2.75, 3.05) is 5.75 Å². The van der Waals surface area contributed by atoms with Crippen molar-refractivity contribution in [1.82, 2.24) is 0 Å². The highest BCUT2D eigenvalue weighted by molar-refractivity contribution is 9.10. The van der Waals surface area contributed by atoms with Crippen LogP contribution in [0.3, 0.4) is 0 Å². The van der Waals surface area contributed by atoms with E-state index in [0.29, 0.717) is 9.37 Å². The minimum absolute atomic E-state index is 0.0188. The zero-order valence-corrected chi connectivity index (χ0v) is 9.10. The van der Waals surface area contributed by atoms with Crippen molar-refractivity contribution < 1.29 is 8.42 Å². The smallest absolute Gasteiger partial charge is 0.181 e. The van der Waals surface area contributed by atoms with Crippen molar-refractivity contribution in [3.05, 3.63) is 28.2 Å². The Hall–Kier alpha value is -0.390. The van der Waals surface area contributed by atoms with Crippen molar-refractivity contribution in [2.45, 2.75) is 10.9 Å². The Balaban J connectivity index is 2.81. The number of benzene rings is 1. The van der Waals surface area contributed by atoms with Gasteiger partial charge in [0, 0.05) is 10.5 Å². The number of sulfone groups is 1. The minimum atomic E-state index is -3.16. The largest absolute Gasteiger partial charge is 0.323 e. The van der Waals surface area contributed by atoms with E-state index < -0.39 is 9.84 Å². The highest BCUT2D eigenvalue weighted by atomic mass is 79.9. The summed E-state index contributed by atoms with van der Waals surface area (Å²) in [6.07, 6.45) is 0. The van der Waals surface area contributed by atoms with E-state index in [0.717, 1.165) is 5.56 Å². The van der Waals surface area contributed by atoms with E-state index in [1.807, 2.05) is 0 Å². The number of hydrogen-bond acceptors (Lipinski definition) is 3. The summed E-state index contributed by atoms with van der Waals surface area (Å²) in [5.74, 6) is 0.0188. The van der Waals surface area contributed by atoms with Crippen molar-refractivity contribution in [3.63, 3.8) is 0 Å². The second-order valence-corrected chi connectivity index (χ2v) is 5.87. The van der Waals surface area contributed by atoms with Crippen LogP contribution in [-0.4, -0.2) is 14.2 Å². The van der Waals surface area contributed by atoms with Gasteiger partial charge >= 0.3 is 0 Å². The molecular weight excluding hydrogens is 254 g/mol. The van der Waals surface area contributed by atoms with Crippen molar-refractivity contribution in [2.24, 2.45) is 5.73 Å². The van der Waals surface area contributed by atoms with Crippen molar-refractivity contribution in [3.8, 4) is 0 Å². The van der Waals surface area contributed by atoms with E-state index in [-0.39, 0.29) is 11.8 Å². The summed E-state index contributed by atoms with van der Waals surface area (Å²) in [7, 11) is -3.16. The van der Waals surface area contributed by atoms with Crippen molar-refractivity contribution in [1.29, 1.82) is 0 Å². The summed E-state index contributed by atoms with van der Waals surface area (Å²) in [6.45, 7) is 0. The van der Waals surface area contributed by atoms with Gasteiger partial charge in [-0.15, -0.1) is 0 Å². The predicted octanol–water partition coefficient (Wildman–Crippen LogP) is 1.24. The first kappa shape index (κ1) is 9.18. The molecule has 5 heteroatoms. The van der Waals surface area contributed by atoms with Gasteiger partial charge in [0.1, 0.15) is 0 Å². The normalized spacial score (nSPS) is 24.3. The number of rotatable bonds is 0. The van der Waals surface area contributed by atoms with Crippen LogP contribution in [0.2, 0.25) is 0 Å². The average Bonchev–Trinajstić information content (AvgIpc) is 2.24. The summed E-state index contributed by atoms with van der Waals surface area (Å²) in [6, 6.07) is 4.89. The Morgan fingerprint density at radius 2 is 2.15 bits per heavy atom. The summed E-state index contributed by atoms with van der Waals surface area (Å²) in [5, 5.41) is 0. The Bertz CT molecular complexity index is 455. The second kappa shape index (κ2) is 2.80. The number of fused-ring (bicyclic) bond motifs is 1. The Kier molecular flexibility index (Phi) is 1.98. The molecule has 1 aromatic rings. The lowest BCUT2D eigenvalue weighted by molar-refractivity contribution is 0.597. The van der Waals surface area contributed by atoms with Crippen LogP contribution in [-0.2, 0) is 9.84 Å². The highest BCUT2D eigenvalue weighted by Crippen LogP contribution is 2.36. The quantitative estimate of drug-likeness (QED) is 0.765. The van der Waals surface area contributed by atoms with Crippen molar-refractivity contribution >= 4 is 25.8 Å². The molecule has 0 radical (unpaired) electrons. The number of halogens is 1. The van der Waals surface area contributed by atoms with Gasteiger partial charge in [0.05, 0.1) is 10.6 Å². The van der Waals surface area contributed by atoms with E-state index >= 15 is 0 Å². The third kappa shape index (κ3) is 1.31. The van der Waals surface area contributed by atoms with Gasteiger partial charge in [0.15, 0.2) is 9.84 Å². The highest BCUT2D eigenvalue weighted by Gasteiger charge is 2.33. The monoisotopic (exact) mass is 261 g/mol. The maximum Gasteiger partial charge on any atom is 0.181 e. The second-order valence-electron chi connectivity index (χ2n) is 3.05. The fraction of sp³-hybridized carbons (Fsp3) is 0.250. The molecule has 2 rings (SSSR count). The van der Waals surface area contributed by atoms with Gasteiger partial charge in [0.2, 0.25) is 0 Å². The van der Waals surface area contributed by atoms with Gasteiger partial charge in [-0.05, 0) is 27.6 Å². The molecule has 1 aliphatic rings. The molecule has 70 valence electrons. The van der Waals surface area contributed by atoms with Crippen LogP contribution < -0.4 is 5.73 Å². The van der Waals surface area contributed by atoms with Crippen LogP contribution in [0.1, 0.15) is 11.6 Å². The molecule has 1 aliphatic heterocycles. The van der Waals surface area contributed by atoms with E-state index in [2.05, 4.69) is 15.9 Å². The Labute approximate surface area is 85.0 Å². The van der Waals surface area contributed by atoms with Crippen LogP contribution in [0.5, 0.6) is 0 Å². The molecule has 0 amide bonds. The topological polar surface area (TPSA) is 60.2 Å². The zero-order valence-electron chi connectivity index (χ0n) is 6.70. The van der Waals surface area contributed by atoms with Gasteiger partial charge in [-0.25, -0.2) is 8.42 Å². The molecular formula is C8H8BrNO2S. The fourth-order valence-electron chi connectivity index (χ4n) is 1.56. The number of hydrogen-bond donors (Lipinski definition) is 1. The molecule has 0 aromatic heterocycles. The summed E-state index contributed by atoms with van der Waals surface area (Å²) >= 11 is 3.22.